The first-order valence-electron chi connectivity index (χ1n) is 19.9. The molecular weight excluding hydrogens is 739 g/mol. The fraction of sp³-hybridized carbons (Fsp3) is 0. The molecule has 5 aromatic heterocycles. The normalized spacial score (nSPS) is 12.1. The van der Waals surface area contributed by atoms with Gasteiger partial charge in [0.1, 0.15) is 0 Å². The molecule has 0 spiro atoms. The van der Waals surface area contributed by atoms with Crippen molar-refractivity contribution >= 4 is 86.5 Å². The van der Waals surface area contributed by atoms with Crippen LogP contribution >= 0.6 is 11.3 Å². The van der Waals surface area contributed by atoms with E-state index in [2.05, 4.69) is 197 Å². The molecule has 0 aliphatic rings. The van der Waals surface area contributed by atoms with E-state index in [1.165, 1.54) is 37.7 Å². The second-order valence-electron chi connectivity index (χ2n) is 15.2. The Kier molecular flexibility index (Phi) is 6.82. The molecule has 0 radical (unpaired) electrons. The second kappa shape index (κ2) is 12.4. The van der Waals surface area contributed by atoms with Crippen LogP contribution in [0.3, 0.4) is 0 Å². The molecule has 5 nitrogen and oxygen atoms in total. The number of hydrogen-bond donors (Lipinski definition) is 0. The van der Waals surface area contributed by atoms with E-state index < -0.39 is 0 Å². The maximum absolute atomic E-state index is 5.40. The van der Waals surface area contributed by atoms with Crippen molar-refractivity contribution < 1.29 is 0 Å². The fourth-order valence-electron chi connectivity index (χ4n) is 9.16. The summed E-state index contributed by atoms with van der Waals surface area (Å²) in [5.41, 5.74) is 14.0. The van der Waals surface area contributed by atoms with Gasteiger partial charge in [0.05, 0.1) is 43.5 Å². The average molecular weight is 770 g/mol. The number of nitrogens with zero attached hydrogens (tertiary/aromatic N) is 5. The summed E-state index contributed by atoms with van der Waals surface area (Å²) in [7, 11) is 0. The van der Waals surface area contributed by atoms with Crippen LogP contribution in [-0.2, 0) is 0 Å². The predicted molar refractivity (Wildman–Crippen MR) is 246 cm³/mol. The standard InChI is InChI=1S/C53H31N5S/c1-3-13-32(14-4-1)33-23-25-34(26-24-33)37-29-41-38-17-7-10-20-44(38)58-50(41)42(30-37)39-28-27-36(31-46(39)57-45-21-11-9-19-43(45)54-53(57)58)52-55-48(35-15-5-2-6-16-35)51-49(56-52)40-18-8-12-22-47(40)59-51/h1-31H. The predicted octanol–water partition coefficient (Wildman–Crippen LogP) is 14.0. The van der Waals surface area contributed by atoms with Gasteiger partial charge in [0.15, 0.2) is 5.82 Å². The number of benzene rings is 8. The van der Waals surface area contributed by atoms with E-state index in [1.54, 1.807) is 11.3 Å². The van der Waals surface area contributed by atoms with Crippen LogP contribution in [0.25, 0.3) is 120 Å². The van der Waals surface area contributed by atoms with Crippen molar-refractivity contribution in [3.05, 3.63) is 188 Å². The number of para-hydroxylation sites is 3. The van der Waals surface area contributed by atoms with Crippen molar-refractivity contribution in [3.8, 4) is 44.9 Å². The summed E-state index contributed by atoms with van der Waals surface area (Å²) in [4.78, 5) is 16.1. The molecule has 8 aromatic carbocycles. The molecule has 6 heteroatoms. The highest BCUT2D eigenvalue weighted by Crippen LogP contribution is 2.43. The van der Waals surface area contributed by atoms with Gasteiger partial charge in [-0.3, -0.25) is 8.80 Å². The molecular formula is C53H31N5S. The summed E-state index contributed by atoms with van der Waals surface area (Å²) in [5, 5.41) is 5.82. The first-order valence-corrected chi connectivity index (χ1v) is 20.7. The van der Waals surface area contributed by atoms with Crippen LogP contribution in [0.2, 0.25) is 0 Å². The first kappa shape index (κ1) is 32.4. The molecule has 0 fully saturated rings. The first-order chi connectivity index (χ1) is 29.2. The van der Waals surface area contributed by atoms with Gasteiger partial charge in [-0.2, -0.15) is 0 Å². The lowest BCUT2D eigenvalue weighted by Crippen LogP contribution is -1.95. The van der Waals surface area contributed by atoms with Crippen LogP contribution < -0.4 is 0 Å². The Balaban J connectivity index is 1.15. The van der Waals surface area contributed by atoms with Gasteiger partial charge in [0.25, 0.3) is 0 Å². The van der Waals surface area contributed by atoms with E-state index in [0.717, 1.165) is 76.6 Å². The van der Waals surface area contributed by atoms with Crippen LogP contribution in [-0.4, -0.2) is 23.8 Å². The summed E-state index contributed by atoms with van der Waals surface area (Å²) in [6, 6.07) is 67.2. The zero-order chi connectivity index (χ0) is 38.6. The zero-order valence-corrected chi connectivity index (χ0v) is 32.4. The molecule has 0 N–H and O–H groups in total. The Morgan fingerprint density at radius 3 is 1.75 bits per heavy atom. The molecule has 13 rings (SSSR count). The van der Waals surface area contributed by atoms with Gasteiger partial charge in [-0.1, -0.05) is 146 Å². The Bertz CT molecular complexity index is 3820. The van der Waals surface area contributed by atoms with Crippen molar-refractivity contribution in [1.29, 1.82) is 0 Å². The summed E-state index contributed by atoms with van der Waals surface area (Å²) in [6.07, 6.45) is 0. The van der Waals surface area contributed by atoms with Crippen molar-refractivity contribution in [2.75, 3.05) is 0 Å². The molecule has 274 valence electrons. The Labute approximate surface area is 341 Å². The topological polar surface area (TPSA) is 47.5 Å². The monoisotopic (exact) mass is 769 g/mol. The number of hydrogen-bond acceptors (Lipinski definition) is 4. The van der Waals surface area contributed by atoms with Crippen LogP contribution in [0.5, 0.6) is 0 Å². The summed E-state index contributed by atoms with van der Waals surface area (Å²) in [5.74, 6) is 1.56. The third-order valence-corrected chi connectivity index (χ3v) is 13.1. The molecule has 0 atom stereocenters. The van der Waals surface area contributed by atoms with E-state index in [1.807, 2.05) is 0 Å². The average Bonchev–Trinajstić information content (AvgIpc) is 3.96. The molecule has 0 aliphatic heterocycles. The van der Waals surface area contributed by atoms with E-state index in [9.17, 15) is 0 Å². The third-order valence-electron chi connectivity index (χ3n) is 11.9. The minimum atomic E-state index is 0.695. The van der Waals surface area contributed by atoms with Crippen LogP contribution in [0, 0.1) is 0 Å². The zero-order valence-electron chi connectivity index (χ0n) is 31.5. The molecule has 59 heavy (non-hydrogen) atoms. The molecule has 5 heterocycles. The number of rotatable bonds is 4. The smallest absolute Gasteiger partial charge is 0.220 e. The van der Waals surface area contributed by atoms with Gasteiger partial charge >= 0.3 is 0 Å². The summed E-state index contributed by atoms with van der Waals surface area (Å²) >= 11 is 1.76. The van der Waals surface area contributed by atoms with Crippen molar-refractivity contribution in [2.24, 2.45) is 0 Å². The van der Waals surface area contributed by atoms with E-state index in [0.29, 0.717) is 5.82 Å². The van der Waals surface area contributed by atoms with Gasteiger partial charge in [-0.25, -0.2) is 15.0 Å². The number of imidazole rings is 1. The molecule has 0 saturated carbocycles. The van der Waals surface area contributed by atoms with Gasteiger partial charge in [0.2, 0.25) is 5.78 Å². The molecule has 0 amide bonds. The highest BCUT2D eigenvalue weighted by Gasteiger charge is 2.22. The number of aromatic nitrogens is 5. The Hall–Kier alpha value is -7.67. The largest absolute Gasteiger partial charge is 0.278 e. The maximum atomic E-state index is 5.40. The number of thiophene rings is 1. The summed E-state index contributed by atoms with van der Waals surface area (Å²) < 4.78 is 7.01. The molecule has 13 aromatic rings. The number of fused-ring (bicyclic) bond motifs is 13. The van der Waals surface area contributed by atoms with Crippen molar-refractivity contribution in [1.82, 2.24) is 23.8 Å². The molecule has 0 saturated heterocycles. The quantitative estimate of drug-likeness (QED) is 0.179. The van der Waals surface area contributed by atoms with Crippen LogP contribution in [0.4, 0.5) is 0 Å². The van der Waals surface area contributed by atoms with Gasteiger partial charge in [-0.15, -0.1) is 11.3 Å². The van der Waals surface area contributed by atoms with Crippen LogP contribution in [0.15, 0.2) is 188 Å². The van der Waals surface area contributed by atoms with E-state index in [4.69, 9.17) is 15.0 Å². The highest BCUT2D eigenvalue weighted by atomic mass is 32.1. The van der Waals surface area contributed by atoms with Gasteiger partial charge in [-0.05, 0) is 64.7 Å². The highest BCUT2D eigenvalue weighted by molar-refractivity contribution is 7.26. The fourth-order valence-corrected chi connectivity index (χ4v) is 10.3. The van der Waals surface area contributed by atoms with Crippen molar-refractivity contribution in [2.45, 2.75) is 0 Å². The molecule has 0 bridgehead atoms. The SMILES string of the molecule is c1ccc(-c2ccc(-c3cc4c5ccc(-c6nc(-c7ccccc7)c7sc8ccccc8c7n6)cc5n5c6ccccc6nc5n5c6ccccc6c(c3)c45)cc2)cc1. The van der Waals surface area contributed by atoms with E-state index >= 15 is 0 Å². The van der Waals surface area contributed by atoms with Crippen molar-refractivity contribution in [3.63, 3.8) is 0 Å². The Morgan fingerprint density at radius 1 is 0.373 bits per heavy atom. The second-order valence-corrected chi connectivity index (χ2v) is 16.3. The van der Waals surface area contributed by atoms with Crippen LogP contribution in [0.1, 0.15) is 0 Å². The van der Waals surface area contributed by atoms with Gasteiger partial charge in [0, 0.05) is 42.8 Å². The molecule has 0 aliphatic carbocycles. The van der Waals surface area contributed by atoms with E-state index in [-0.39, 0.29) is 0 Å². The molecule has 0 unspecified atom stereocenters. The summed E-state index contributed by atoms with van der Waals surface area (Å²) in [6.45, 7) is 0. The minimum absolute atomic E-state index is 0.695. The van der Waals surface area contributed by atoms with Gasteiger partial charge < -0.3 is 0 Å². The maximum Gasteiger partial charge on any atom is 0.220 e. The Morgan fingerprint density at radius 2 is 0.966 bits per heavy atom. The lowest BCUT2D eigenvalue weighted by molar-refractivity contribution is 1.17. The third kappa shape index (κ3) is 4.81. The lowest BCUT2D eigenvalue weighted by Gasteiger charge is -2.10. The minimum Gasteiger partial charge on any atom is -0.278 e. The lowest BCUT2D eigenvalue weighted by atomic mass is 9.96.